The van der Waals surface area contributed by atoms with Gasteiger partial charge in [0.1, 0.15) is 0 Å². The van der Waals surface area contributed by atoms with E-state index < -0.39 is 0 Å². The summed E-state index contributed by atoms with van der Waals surface area (Å²) in [6, 6.07) is 35.5. The molecular formula is C25H16N2. The van der Waals surface area contributed by atoms with Crippen LogP contribution in [0.4, 0.5) is 0 Å². The maximum atomic E-state index is 9.11. The third kappa shape index (κ3) is 2.49. The molecule has 5 aromatic rings. The minimum absolute atomic E-state index is 0.671. The molecule has 0 N–H and O–H groups in total. The molecule has 5 rings (SSSR count). The largest absolute Gasteiger partial charge is 0.309 e. The van der Waals surface area contributed by atoms with Gasteiger partial charge in [-0.15, -0.1) is 0 Å². The molecule has 126 valence electrons. The summed E-state index contributed by atoms with van der Waals surface area (Å²) >= 11 is 0. The van der Waals surface area contributed by atoms with Gasteiger partial charge in [-0.1, -0.05) is 60.7 Å². The predicted octanol–water partition coefficient (Wildman–Crippen LogP) is 6.32. The van der Waals surface area contributed by atoms with E-state index in [0.717, 1.165) is 5.69 Å². The Bertz CT molecular complexity index is 1300. The lowest BCUT2D eigenvalue weighted by atomic mass is 10.0. The predicted molar refractivity (Wildman–Crippen MR) is 111 cm³/mol. The molecule has 0 spiro atoms. The molecule has 0 aliphatic rings. The average molecular weight is 344 g/mol. The van der Waals surface area contributed by atoms with Crippen LogP contribution in [0.3, 0.4) is 0 Å². The van der Waals surface area contributed by atoms with Gasteiger partial charge in [-0.25, -0.2) is 0 Å². The van der Waals surface area contributed by atoms with E-state index in [-0.39, 0.29) is 0 Å². The van der Waals surface area contributed by atoms with E-state index in [1.807, 2.05) is 30.3 Å². The highest BCUT2D eigenvalue weighted by molar-refractivity contribution is 6.10. The van der Waals surface area contributed by atoms with Crippen LogP contribution in [0, 0.1) is 11.3 Å². The lowest BCUT2D eigenvalue weighted by Crippen LogP contribution is -1.94. The van der Waals surface area contributed by atoms with Crippen LogP contribution >= 0.6 is 0 Å². The Kier molecular flexibility index (Phi) is 3.52. The minimum atomic E-state index is 0.671. The van der Waals surface area contributed by atoms with Gasteiger partial charge in [0.2, 0.25) is 0 Å². The van der Waals surface area contributed by atoms with Gasteiger partial charge in [0.15, 0.2) is 0 Å². The Morgan fingerprint density at radius 2 is 1.30 bits per heavy atom. The van der Waals surface area contributed by atoms with Crippen LogP contribution < -0.4 is 0 Å². The first-order valence-electron chi connectivity index (χ1n) is 8.94. The molecule has 4 aromatic carbocycles. The molecule has 0 aliphatic carbocycles. The average Bonchev–Trinajstić information content (AvgIpc) is 3.08. The van der Waals surface area contributed by atoms with Crippen molar-refractivity contribution < 1.29 is 0 Å². The van der Waals surface area contributed by atoms with Crippen molar-refractivity contribution in [3.63, 3.8) is 0 Å². The smallest absolute Gasteiger partial charge is 0.0991 e. The van der Waals surface area contributed by atoms with Crippen LogP contribution in [0.1, 0.15) is 5.56 Å². The van der Waals surface area contributed by atoms with E-state index in [1.54, 1.807) is 0 Å². The Hall–Kier alpha value is -3.83. The van der Waals surface area contributed by atoms with Crippen molar-refractivity contribution in [1.82, 2.24) is 4.57 Å². The quantitative estimate of drug-likeness (QED) is 0.368. The summed E-state index contributed by atoms with van der Waals surface area (Å²) in [5.41, 5.74) is 6.47. The summed E-state index contributed by atoms with van der Waals surface area (Å²) in [6.45, 7) is 0. The van der Waals surface area contributed by atoms with Crippen LogP contribution in [-0.4, -0.2) is 4.57 Å². The van der Waals surface area contributed by atoms with Crippen LogP contribution in [-0.2, 0) is 0 Å². The highest BCUT2D eigenvalue weighted by atomic mass is 15.0. The molecule has 1 aromatic heterocycles. The number of nitriles is 1. The second kappa shape index (κ2) is 6.16. The summed E-state index contributed by atoms with van der Waals surface area (Å²) in [4.78, 5) is 0. The molecule has 0 saturated carbocycles. The zero-order chi connectivity index (χ0) is 18.2. The maximum Gasteiger partial charge on any atom is 0.0991 e. The Labute approximate surface area is 157 Å². The van der Waals surface area contributed by atoms with Crippen LogP contribution in [0.25, 0.3) is 38.6 Å². The summed E-state index contributed by atoms with van der Waals surface area (Å²) in [5.74, 6) is 0. The van der Waals surface area contributed by atoms with Crippen molar-refractivity contribution >= 4 is 21.8 Å². The number of rotatable bonds is 2. The van der Waals surface area contributed by atoms with Gasteiger partial charge in [-0.2, -0.15) is 5.26 Å². The minimum Gasteiger partial charge on any atom is -0.309 e. The zero-order valence-electron chi connectivity index (χ0n) is 14.6. The fourth-order valence-electron chi connectivity index (χ4n) is 3.74. The third-order valence-corrected chi connectivity index (χ3v) is 5.04. The first kappa shape index (κ1) is 15.4. The number of aromatic nitrogens is 1. The normalized spacial score (nSPS) is 10.9. The van der Waals surface area contributed by atoms with E-state index in [0.29, 0.717) is 5.56 Å². The van der Waals surface area contributed by atoms with Crippen molar-refractivity contribution in [3.05, 3.63) is 103 Å². The number of benzene rings is 4. The van der Waals surface area contributed by atoms with Crippen LogP contribution in [0.15, 0.2) is 97.1 Å². The van der Waals surface area contributed by atoms with E-state index in [1.165, 1.54) is 32.9 Å². The molecule has 2 heteroatoms. The van der Waals surface area contributed by atoms with Crippen molar-refractivity contribution in [2.45, 2.75) is 0 Å². The van der Waals surface area contributed by atoms with Gasteiger partial charge < -0.3 is 4.57 Å². The Balaban J connectivity index is 1.84. The van der Waals surface area contributed by atoms with Crippen molar-refractivity contribution in [2.24, 2.45) is 0 Å². The number of para-hydroxylation sites is 1. The fraction of sp³-hybridized carbons (Fsp3) is 0. The van der Waals surface area contributed by atoms with Crippen molar-refractivity contribution in [3.8, 4) is 22.9 Å². The number of hydrogen-bond acceptors (Lipinski definition) is 1. The summed E-state index contributed by atoms with van der Waals surface area (Å²) < 4.78 is 2.28. The molecule has 0 unspecified atom stereocenters. The SMILES string of the molecule is N#Cc1ccc(-n2c3ccccc3c3ccc(-c4ccccc4)cc32)cc1. The first-order valence-corrected chi connectivity index (χ1v) is 8.94. The summed E-state index contributed by atoms with van der Waals surface area (Å²) in [7, 11) is 0. The number of nitrogens with zero attached hydrogens (tertiary/aromatic N) is 2. The van der Waals surface area contributed by atoms with Crippen LogP contribution in [0.5, 0.6) is 0 Å². The second-order valence-corrected chi connectivity index (χ2v) is 6.61. The van der Waals surface area contributed by atoms with Crippen molar-refractivity contribution in [2.75, 3.05) is 0 Å². The highest BCUT2D eigenvalue weighted by Crippen LogP contribution is 2.34. The van der Waals surface area contributed by atoms with Gasteiger partial charge in [-0.05, 0) is 47.5 Å². The lowest BCUT2D eigenvalue weighted by molar-refractivity contribution is 1.18. The van der Waals surface area contributed by atoms with E-state index >= 15 is 0 Å². The fourth-order valence-corrected chi connectivity index (χ4v) is 3.74. The van der Waals surface area contributed by atoms with E-state index in [9.17, 15) is 0 Å². The number of fused-ring (bicyclic) bond motifs is 3. The van der Waals surface area contributed by atoms with Gasteiger partial charge in [0, 0.05) is 16.5 Å². The molecule has 1 heterocycles. The molecule has 0 saturated heterocycles. The molecule has 0 amide bonds. The Morgan fingerprint density at radius 3 is 2.07 bits per heavy atom. The standard InChI is InChI=1S/C25H16N2/c26-17-18-10-13-21(14-11-18)27-24-9-5-4-8-22(24)23-15-12-20(16-25(23)27)19-6-2-1-3-7-19/h1-16H. The topological polar surface area (TPSA) is 28.7 Å². The molecule has 27 heavy (non-hydrogen) atoms. The molecule has 0 bridgehead atoms. The molecule has 0 radical (unpaired) electrons. The van der Waals surface area contributed by atoms with Crippen LogP contribution in [0.2, 0.25) is 0 Å². The van der Waals surface area contributed by atoms with E-state index in [4.69, 9.17) is 5.26 Å². The number of hydrogen-bond donors (Lipinski definition) is 0. The lowest BCUT2D eigenvalue weighted by Gasteiger charge is -2.09. The van der Waals surface area contributed by atoms with E-state index in [2.05, 4.69) is 77.4 Å². The molecular weight excluding hydrogens is 328 g/mol. The van der Waals surface area contributed by atoms with Gasteiger partial charge >= 0.3 is 0 Å². The second-order valence-electron chi connectivity index (χ2n) is 6.61. The highest BCUT2D eigenvalue weighted by Gasteiger charge is 2.13. The van der Waals surface area contributed by atoms with Crippen molar-refractivity contribution in [1.29, 1.82) is 5.26 Å². The summed E-state index contributed by atoms with van der Waals surface area (Å²) in [5, 5.41) is 11.6. The van der Waals surface area contributed by atoms with Gasteiger partial charge in [0.25, 0.3) is 0 Å². The Morgan fingerprint density at radius 1 is 0.593 bits per heavy atom. The molecule has 0 aliphatic heterocycles. The maximum absolute atomic E-state index is 9.11. The first-order chi connectivity index (χ1) is 13.3. The van der Waals surface area contributed by atoms with Gasteiger partial charge in [-0.3, -0.25) is 0 Å². The van der Waals surface area contributed by atoms with Gasteiger partial charge in [0.05, 0.1) is 22.7 Å². The molecule has 2 nitrogen and oxygen atoms in total. The zero-order valence-corrected chi connectivity index (χ0v) is 14.6. The monoisotopic (exact) mass is 344 g/mol. The molecule has 0 fully saturated rings. The molecule has 0 atom stereocenters. The third-order valence-electron chi connectivity index (χ3n) is 5.04. The summed E-state index contributed by atoms with van der Waals surface area (Å²) in [6.07, 6.45) is 0.